The van der Waals surface area contributed by atoms with Crippen LogP contribution < -0.4 is 10.2 Å². The summed E-state index contributed by atoms with van der Waals surface area (Å²) in [5, 5.41) is 4.34. The molecule has 0 saturated carbocycles. The van der Waals surface area contributed by atoms with Gasteiger partial charge in [0.2, 0.25) is 0 Å². The lowest BCUT2D eigenvalue weighted by atomic mass is 10.2. The Balaban J connectivity index is 1.95. The SMILES string of the molecule is COCCNCc1cnc(N(C)c2ccc(C)cc2)s1. The number of aromatic nitrogens is 1. The zero-order valence-electron chi connectivity index (χ0n) is 12.2. The summed E-state index contributed by atoms with van der Waals surface area (Å²) in [5.74, 6) is 0. The highest BCUT2D eigenvalue weighted by Gasteiger charge is 2.08. The molecule has 2 aromatic rings. The van der Waals surface area contributed by atoms with Crippen LogP contribution in [0.4, 0.5) is 10.8 Å². The van der Waals surface area contributed by atoms with E-state index in [0.717, 1.165) is 30.5 Å². The quantitative estimate of drug-likeness (QED) is 0.796. The van der Waals surface area contributed by atoms with Gasteiger partial charge in [0.25, 0.3) is 0 Å². The summed E-state index contributed by atoms with van der Waals surface area (Å²) >= 11 is 1.71. The van der Waals surface area contributed by atoms with E-state index in [4.69, 9.17) is 4.74 Å². The summed E-state index contributed by atoms with van der Waals surface area (Å²) < 4.78 is 5.01. The van der Waals surface area contributed by atoms with Crippen LogP contribution in [-0.4, -0.2) is 32.3 Å². The molecule has 0 aliphatic rings. The van der Waals surface area contributed by atoms with Crippen LogP contribution in [0.15, 0.2) is 30.5 Å². The Labute approximate surface area is 124 Å². The molecule has 0 fully saturated rings. The van der Waals surface area contributed by atoms with Crippen LogP contribution in [-0.2, 0) is 11.3 Å². The van der Waals surface area contributed by atoms with Crippen molar-refractivity contribution in [1.29, 1.82) is 0 Å². The van der Waals surface area contributed by atoms with E-state index in [1.54, 1.807) is 18.4 Å². The van der Waals surface area contributed by atoms with Crippen molar-refractivity contribution in [3.63, 3.8) is 0 Å². The van der Waals surface area contributed by atoms with Crippen molar-refractivity contribution < 1.29 is 4.74 Å². The van der Waals surface area contributed by atoms with Gasteiger partial charge in [-0.1, -0.05) is 17.7 Å². The number of nitrogens with one attached hydrogen (secondary N) is 1. The van der Waals surface area contributed by atoms with Gasteiger partial charge >= 0.3 is 0 Å². The molecule has 5 heteroatoms. The fraction of sp³-hybridized carbons (Fsp3) is 0.400. The van der Waals surface area contributed by atoms with Crippen molar-refractivity contribution in [2.45, 2.75) is 13.5 Å². The molecular formula is C15H21N3OS. The van der Waals surface area contributed by atoms with Crippen LogP contribution in [0.3, 0.4) is 0 Å². The minimum atomic E-state index is 0.731. The van der Waals surface area contributed by atoms with E-state index in [0.29, 0.717) is 0 Å². The van der Waals surface area contributed by atoms with Gasteiger partial charge in [0.05, 0.1) is 6.61 Å². The van der Waals surface area contributed by atoms with E-state index in [1.165, 1.54) is 10.4 Å². The maximum Gasteiger partial charge on any atom is 0.189 e. The molecule has 0 saturated heterocycles. The Bertz CT molecular complexity index is 524. The molecule has 20 heavy (non-hydrogen) atoms. The van der Waals surface area contributed by atoms with Gasteiger partial charge in [-0.3, -0.25) is 0 Å². The molecule has 1 N–H and O–H groups in total. The average Bonchev–Trinajstić information content (AvgIpc) is 2.92. The highest BCUT2D eigenvalue weighted by atomic mass is 32.1. The Morgan fingerprint density at radius 3 is 2.75 bits per heavy atom. The van der Waals surface area contributed by atoms with E-state index >= 15 is 0 Å². The second-order valence-electron chi connectivity index (χ2n) is 4.67. The highest BCUT2D eigenvalue weighted by Crippen LogP contribution is 2.28. The molecule has 1 aromatic carbocycles. The van der Waals surface area contributed by atoms with Crippen LogP contribution in [0.2, 0.25) is 0 Å². The lowest BCUT2D eigenvalue weighted by Crippen LogP contribution is -2.17. The van der Waals surface area contributed by atoms with Gasteiger partial charge in [-0.25, -0.2) is 4.98 Å². The van der Waals surface area contributed by atoms with Crippen molar-refractivity contribution in [2.75, 3.05) is 32.2 Å². The van der Waals surface area contributed by atoms with Gasteiger partial charge in [0.15, 0.2) is 5.13 Å². The lowest BCUT2D eigenvalue weighted by Gasteiger charge is -2.15. The van der Waals surface area contributed by atoms with Crippen molar-refractivity contribution in [2.24, 2.45) is 0 Å². The van der Waals surface area contributed by atoms with Crippen LogP contribution in [0.1, 0.15) is 10.4 Å². The number of benzene rings is 1. The molecule has 108 valence electrons. The summed E-state index contributed by atoms with van der Waals surface area (Å²) in [4.78, 5) is 7.83. The monoisotopic (exact) mass is 291 g/mol. The molecule has 2 rings (SSSR count). The van der Waals surface area contributed by atoms with Crippen LogP contribution in [0.25, 0.3) is 0 Å². The largest absolute Gasteiger partial charge is 0.383 e. The molecule has 1 heterocycles. The second-order valence-corrected chi connectivity index (χ2v) is 5.77. The van der Waals surface area contributed by atoms with Crippen LogP contribution in [0.5, 0.6) is 0 Å². The number of anilines is 2. The number of aryl methyl sites for hydroxylation is 1. The van der Waals surface area contributed by atoms with E-state index in [9.17, 15) is 0 Å². The first-order valence-corrected chi connectivity index (χ1v) is 7.47. The molecular weight excluding hydrogens is 270 g/mol. The third kappa shape index (κ3) is 4.03. The van der Waals surface area contributed by atoms with Gasteiger partial charge in [0, 0.05) is 44.0 Å². The van der Waals surface area contributed by atoms with E-state index in [1.807, 2.05) is 13.2 Å². The summed E-state index contributed by atoms with van der Waals surface area (Å²) in [6, 6.07) is 8.47. The number of ether oxygens (including phenoxy) is 1. The zero-order valence-corrected chi connectivity index (χ0v) is 13.0. The zero-order chi connectivity index (χ0) is 14.4. The molecule has 0 atom stereocenters. The summed E-state index contributed by atoms with van der Waals surface area (Å²) in [5.41, 5.74) is 2.42. The fourth-order valence-corrected chi connectivity index (χ4v) is 2.66. The minimum Gasteiger partial charge on any atom is -0.383 e. The van der Waals surface area contributed by atoms with Crippen molar-refractivity contribution in [1.82, 2.24) is 10.3 Å². The Hall–Kier alpha value is -1.43. The molecule has 0 unspecified atom stereocenters. The maximum atomic E-state index is 5.01. The topological polar surface area (TPSA) is 37.4 Å². The van der Waals surface area contributed by atoms with Crippen molar-refractivity contribution in [3.05, 3.63) is 40.9 Å². The Morgan fingerprint density at radius 1 is 1.30 bits per heavy atom. The van der Waals surface area contributed by atoms with Crippen molar-refractivity contribution in [3.8, 4) is 0 Å². The Morgan fingerprint density at radius 2 is 2.05 bits per heavy atom. The van der Waals surface area contributed by atoms with Gasteiger partial charge < -0.3 is 15.0 Å². The lowest BCUT2D eigenvalue weighted by molar-refractivity contribution is 0.199. The number of hydrogen-bond donors (Lipinski definition) is 1. The minimum absolute atomic E-state index is 0.731. The first-order valence-electron chi connectivity index (χ1n) is 6.65. The fourth-order valence-electron chi connectivity index (χ4n) is 1.80. The first kappa shape index (κ1) is 15.0. The second kappa shape index (κ2) is 7.38. The molecule has 0 amide bonds. The Kier molecular flexibility index (Phi) is 5.52. The van der Waals surface area contributed by atoms with E-state index in [-0.39, 0.29) is 0 Å². The predicted molar refractivity (Wildman–Crippen MR) is 84.9 cm³/mol. The standard InChI is InChI=1S/C15H21N3OS/c1-12-4-6-13(7-5-12)18(2)15-17-11-14(20-15)10-16-8-9-19-3/h4-7,11,16H,8-10H2,1-3H3. The molecule has 0 spiro atoms. The summed E-state index contributed by atoms with van der Waals surface area (Å²) in [7, 11) is 3.76. The van der Waals surface area contributed by atoms with E-state index < -0.39 is 0 Å². The number of rotatable bonds is 7. The van der Waals surface area contributed by atoms with Crippen molar-refractivity contribution >= 4 is 22.2 Å². The molecule has 4 nitrogen and oxygen atoms in total. The number of nitrogens with zero attached hydrogens (tertiary/aromatic N) is 2. The maximum absolute atomic E-state index is 5.01. The van der Waals surface area contributed by atoms with Crippen LogP contribution >= 0.6 is 11.3 Å². The number of methoxy groups -OCH3 is 1. The molecule has 0 bridgehead atoms. The van der Waals surface area contributed by atoms with Gasteiger partial charge in [-0.05, 0) is 19.1 Å². The normalized spacial score (nSPS) is 10.8. The van der Waals surface area contributed by atoms with Crippen LogP contribution in [0, 0.1) is 6.92 Å². The molecule has 0 aliphatic carbocycles. The molecule has 0 aliphatic heterocycles. The average molecular weight is 291 g/mol. The summed E-state index contributed by atoms with van der Waals surface area (Å²) in [6.45, 7) is 4.52. The van der Waals surface area contributed by atoms with Gasteiger partial charge in [-0.2, -0.15) is 0 Å². The third-order valence-electron chi connectivity index (χ3n) is 3.03. The smallest absolute Gasteiger partial charge is 0.189 e. The van der Waals surface area contributed by atoms with E-state index in [2.05, 4.69) is 46.4 Å². The summed E-state index contributed by atoms with van der Waals surface area (Å²) in [6.07, 6.45) is 1.94. The molecule has 1 aromatic heterocycles. The number of hydrogen-bond acceptors (Lipinski definition) is 5. The van der Waals surface area contributed by atoms with Gasteiger partial charge in [-0.15, -0.1) is 11.3 Å². The molecule has 0 radical (unpaired) electrons. The first-order chi connectivity index (χ1) is 9.70. The van der Waals surface area contributed by atoms with Gasteiger partial charge in [0.1, 0.15) is 0 Å². The highest BCUT2D eigenvalue weighted by molar-refractivity contribution is 7.15. The third-order valence-corrected chi connectivity index (χ3v) is 4.11. The number of thiazole rings is 1. The predicted octanol–water partition coefficient (Wildman–Crippen LogP) is 2.96.